The fourth-order valence-electron chi connectivity index (χ4n) is 15.2. The number of aromatic nitrogens is 7. The molecule has 0 atom stereocenters. The van der Waals surface area contributed by atoms with Crippen molar-refractivity contribution in [2.75, 3.05) is 0 Å². The van der Waals surface area contributed by atoms with Crippen molar-refractivity contribution in [2.24, 2.45) is 0 Å². The summed E-state index contributed by atoms with van der Waals surface area (Å²) in [6, 6.07) is 109. The average Bonchev–Trinajstić information content (AvgIpc) is 1.64. The van der Waals surface area contributed by atoms with E-state index in [1.165, 1.54) is 72.0 Å². The van der Waals surface area contributed by atoms with Crippen molar-refractivity contribution in [3.05, 3.63) is 320 Å². The zero-order chi connectivity index (χ0) is 58.4. The monoisotopic (exact) mass is 1140 g/mol. The second-order valence-electron chi connectivity index (χ2n) is 23.8. The van der Waals surface area contributed by atoms with Crippen LogP contribution in [0.25, 0.3) is 150 Å². The minimum absolute atomic E-state index is 0.0877. The summed E-state index contributed by atoms with van der Waals surface area (Å²) in [4.78, 5) is 9.50. The molecule has 0 amide bonds. The SMILES string of the molecule is Cc1c(-c2ccc3[nH]c4n(c3c2)c2cc(-c3ccccc3)ccc2[n+]4-c2ccccc2)c(-n2c3ccccc3c3ccccc32)cc(-c2ccc3nc4n(-c5ccccc5)c5ccc(-c6ccccc6)cc5n4c3c2)c1C1c2ccccc2-c2ccccc21. The second kappa shape index (κ2) is 19.1. The van der Waals surface area contributed by atoms with Crippen LogP contribution in [-0.2, 0) is 0 Å². The van der Waals surface area contributed by atoms with Crippen LogP contribution in [0.1, 0.15) is 28.2 Å². The first kappa shape index (κ1) is 49.5. The van der Waals surface area contributed by atoms with Gasteiger partial charge >= 0.3 is 5.78 Å². The molecule has 5 heterocycles. The largest absolute Gasteiger partial charge is 0.373 e. The molecule has 89 heavy (non-hydrogen) atoms. The summed E-state index contributed by atoms with van der Waals surface area (Å²) in [5.41, 5.74) is 31.1. The summed E-state index contributed by atoms with van der Waals surface area (Å²) in [6.07, 6.45) is 0. The van der Waals surface area contributed by atoms with E-state index < -0.39 is 0 Å². The lowest BCUT2D eigenvalue weighted by atomic mass is 9.78. The van der Waals surface area contributed by atoms with E-state index in [2.05, 4.69) is 332 Å². The fraction of sp³-hybridized carbons (Fsp3) is 0.0244. The van der Waals surface area contributed by atoms with Crippen molar-refractivity contribution < 1.29 is 4.57 Å². The number of hydrogen-bond donors (Lipinski definition) is 1. The number of nitrogens with one attached hydrogen (secondary N) is 1. The van der Waals surface area contributed by atoms with E-state index in [1.807, 2.05) is 0 Å². The van der Waals surface area contributed by atoms with Gasteiger partial charge in [-0.1, -0.05) is 206 Å². The number of benzene rings is 13. The Hall–Kier alpha value is -11.8. The Morgan fingerprint density at radius 1 is 0.382 bits per heavy atom. The lowest BCUT2D eigenvalue weighted by Crippen LogP contribution is -2.30. The number of H-pyrrole nitrogens is 1. The number of aromatic amines is 1. The van der Waals surface area contributed by atoms with Crippen LogP contribution in [-0.4, -0.2) is 27.9 Å². The van der Waals surface area contributed by atoms with Crippen LogP contribution in [0, 0.1) is 6.92 Å². The predicted octanol–water partition coefficient (Wildman–Crippen LogP) is 19.8. The third-order valence-corrected chi connectivity index (χ3v) is 19.1. The van der Waals surface area contributed by atoms with Gasteiger partial charge in [0.1, 0.15) is 27.8 Å². The molecule has 0 saturated heterocycles. The molecule has 5 aromatic heterocycles. The molecular formula is C82H54N7+. The number of nitrogens with zero attached hydrogens (tertiary/aromatic N) is 6. The van der Waals surface area contributed by atoms with E-state index in [0.29, 0.717) is 0 Å². The summed E-state index contributed by atoms with van der Waals surface area (Å²) in [5.74, 6) is 1.77. The summed E-state index contributed by atoms with van der Waals surface area (Å²) < 4.78 is 12.1. The Kier molecular flexibility index (Phi) is 10.6. The molecule has 0 aliphatic heterocycles. The van der Waals surface area contributed by atoms with Crippen molar-refractivity contribution in [3.8, 4) is 72.7 Å². The zero-order valence-electron chi connectivity index (χ0n) is 48.6. The minimum atomic E-state index is -0.0877. The molecule has 13 aromatic carbocycles. The van der Waals surface area contributed by atoms with Crippen molar-refractivity contribution in [3.63, 3.8) is 0 Å². The molecule has 18 aromatic rings. The Morgan fingerprint density at radius 2 is 0.933 bits per heavy atom. The summed E-state index contributed by atoms with van der Waals surface area (Å²) in [5, 5.41) is 2.43. The number of hydrogen-bond acceptors (Lipinski definition) is 1. The van der Waals surface area contributed by atoms with Gasteiger partial charge in [0, 0.05) is 27.9 Å². The van der Waals surface area contributed by atoms with Gasteiger partial charge in [0.2, 0.25) is 5.78 Å². The average molecular weight is 1140 g/mol. The van der Waals surface area contributed by atoms with Crippen LogP contribution in [0.3, 0.4) is 0 Å². The van der Waals surface area contributed by atoms with E-state index in [4.69, 9.17) is 4.98 Å². The highest BCUT2D eigenvalue weighted by Gasteiger charge is 2.35. The Labute approximate surface area is 512 Å². The topological polar surface area (TPSA) is 51.2 Å². The smallest absolute Gasteiger partial charge is 0.309 e. The lowest BCUT2D eigenvalue weighted by molar-refractivity contribution is -0.540. The van der Waals surface area contributed by atoms with Gasteiger partial charge in [0.25, 0.3) is 0 Å². The zero-order valence-corrected chi connectivity index (χ0v) is 48.6. The van der Waals surface area contributed by atoms with E-state index in [1.54, 1.807) is 0 Å². The third kappa shape index (κ3) is 7.27. The van der Waals surface area contributed by atoms with Crippen molar-refractivity contribution in [1.82, 2.24) is 27.9 Å². The molecule has 7 nitrogen and oxygen atoms in total. The van der Waals surface area contributed by atoms with Crippen LogP contribution in [0.4, 0.5) is 0 Å². The number of fused-ring (bicyclic) bond motifs is 16. The maximum Gasteiger partial charge on any atom is 0.373 e. The molecule has 19 rings (SSSR count). The van der Waals surface area contributed by atoms with E-state index >= 15 is 0 Å². The second-order valence-corrected chi connectivity index (χ2v) is 23.8. The first-order valence-corrected chi connectivity index (χ1v) is 30.6. The van der Waals surface area contributed by atoms with Crippen molar-refractivity contribution in [1.29, 1.82) is 0 Å². The van der Waals surface area contributed by atoms with Crippen LogP contribution in [0.5, 0.6) is 0 Å². The van der Waals surface area contributed by atoms with Crippen molar-refractivity contribution in [2.45, 2.75) is 12.8 Å². The molecule has 0 spiro atoms. The fourth-order valence-corrected chi connectivity index (χ4v) is 15.2. The summed E-state index contributed by atoms with van der Waals surface area (Å²) >= 11 is 0. The molecule has 7 heteroatoms. The van der Waals surface area contributed by atoms with Crippen LogP contribution in [0.15, 0.2) is 297 Å². The Bertz CT molecular complexity index is 5820. The van der Waals surface area contributed by atoms with Gasteiger partial charge in [-0.25, -0.2) is 9.97 Å². The van der Waals surface area contributed by atoms with Gasteiger partial charge < -0.3 is 4.57 Å². The molecule has 416 valence electrons. The molecule has 1 N–H and O–H groups in total. The van der Waals surface area contributed by atoms with Gasteiger partial charge in [-0.05, 0) is 170 Å². The number of rotatable bonds is 8. The van der Waals surface area contributed by atoms with Crippen LogP contribution in [0.2, 0.25) is 0 Å². The van der Waals surface area contributed by atoms with Gasteiger partial charge in [-0.3, -0.25) is 8.97 Å². The van der Waals surface area contributed by atoms with Gasteiger partial charge in [0.05, 0.1) is 38.8 Å². The number of imidazole rings is 4. The highest BCUT2D eigenvalue weighted by molar-refractivity contribution is 6.10. The normalized spacial score (nSPS) is 12.5. The highest BCUT2D eigenvalue weighted by Crippen LogP contribution is 2.54. The molecule has 1 aliphatic carbocycles. The molecule has 0 saturated carbocycles. The maximum atomic E-state index is 5.54. The number of para-hydroxylation sites is 4. The first-order valence-electron chi connectivity index (χ1n) is 30.6. The highest BCUT2D eigenvalue weighted by atomic mass is 15.2. The standard InChI is InChI=1S/C82H53N7/c1-51-78(57-39-43-68-74(49-57)89-76-47-55(53-24-8-3-9-25-53)41-45-72(76)86(82(89)84-68)59-28-12-5-13-29-59)77(87-69-36-20-18-32-62(69)63-33-19-21-37-70(63)87)50-66(79(51)80-64-34-16-14-30-60(64)61-31-15-17-35-65(61)80)56-38-42-67-73(48-56)88-75-46-54(52-22-6-2-7-23-52)40-44-71(75)85(81(88)83-67)58-26-10-4-11-27-58/h2-50,80H,1H3/p+1. The third-order valence-electron chi connectivity index (χ3n) is 19.1. The molecule has 1 aliphatic rings. The Balaban J connectivity index is 0.939. The van der Waals surface area contributed by atoms with Crippen LogP contribution >= 0.6 is 0 Å². The molecule has 0 fully saturated rings. The van der Waals surface area contributed by atoms with Crippen molar-refractivity contribution >= 4 is 77.5 Å². The van der Waals surface area contributed by atoms with E-state index in [0.717, 1.165) is 100 Å². The van der Waals surface area contributed by atoms with Gasteiger partial charge in [0.15, 0.2) is 0 Å². The lowest BCUT2D eigenvalue weighted by Gasteiger charge is -2.27. The summed E-state index contributed by atoms with van der Waals surface area (Å²) in [7, 11) is 0. The van der Waals surface area contributed by atoms with Crippen LogP contribution < -0.4 is 4.57 Å². The quantitative estimate of drug-likeness (QED) is 0.151. The molecule has 0 radical (unpaired) electrons. The first-order chi connectivity index (χ1) is 44.1. The predicted molar refractivity (Wildman–Crippen MR) is 365 cm³/mol. The van der Waals surface area contributed by atoms with E-state index in [-0.39, 0.29) is 5.92 Å². The molecule has 0 unspecified atom stereocenters. The van der Waals surface area contributed by atoms with Gasteiger partial charge in [-0.15, -0.1) is 0 Å². The minimum Gasteiger partial charge on any atom is -0.309 e. The molecule has 0 bridgehead atoms. The Morgan fingerprint density at radius 3 is 1.62 bits per heavy atom. The molecular weight excluding hydrogens is 1080 g/mol. The van der Waals surface area contributed by atoms with E-state index in [9.17, 15) is 0 Å². The summed E-state index contributed by atoms with van der Waals surface area (Å²) in [6.45, 7) is 2.40. The van der Waals surface area contributed by atoms with Gasteiger partial charge in [-0.2, -0.15) is 8.97 Å². The maximum absolute atomic E-state index is 5.54.